The number of hydrogen-bond donors (Lipinski definition) is 2. The van der Waals surface area contributed by atoms with Crippen molar-refractivity contribution >= 4 is 23.4 Å². The average Bonchev–Trinajstić information content (AvgIpc) is 2.67. The highest BCUT2D eigenvalue weighted by molar-refractivity contribution is 6.30. The van der Waals surface area contributed by atoms with Gasteiger partial charge in [0.1, 0.15) is 18.0 Å². The molecule has 2 N–H and O–H groups in total. The molecule has 8 nitrogen and oxygen atoms in total. The third-order valence-electron chi connectivity index (χ3n) is 4.57. The Kier molecular flexibility index (Phi) is 5.78. The lowest BCUT2D eigenvalue weighted by Crippen LogP contribution is -2.53. The first kappa shape index (κ1) is 20.7. The predicted molar refractivity (Wildman–Crippen MR) is 105 cm³/mol. The highest BCUT2D eigenvalue weighted by Crippen LogP contribution is 2.21. The molecule has 0 spiro atoms. The van der Waals surface area contributed by atoms with Crippen molar-refractivity contribution < 1.29 is 19.1 Å². The molecular weight excluding hydrogens is 403 g/mol. The quantitative estimate of drug-likeness (QED) is 0.764. The topological polar surface area (TPSA) is 94.9 Å². The maximum absolute atomic E-state index is 13.9. The van der Waals surface area contributed by atoms with Crippen LogP contribution in [0.3, 0.4) is 0 Å². The fourth-order valence-electron chi connectivity index (χ4n) is 3.10. The summed E-state index contributed by atoms with van der Waals surface area (Å²) in [5.41, 5.74) is -1.32. The number of aromatic hydroxyl groups is 1. The van der Waals surface area contributed by atoms with Gasteiger partial charge in [0.25, 0.3) is 11.8 Å². The second-order valence-electron chi connectivity index (χ2n) is 6.71. The average molecular weight is 423 g/mol. The summed E-state index contributed by atoms with van der Waals surface area (Å²) in [6.07, 6.45) is 1.97. The van der Waals surface area contributed by atoms with Crippen molar-refractivity contribution in [1.82, 2.24) is 14.9 Å². The van der Waals surface area contributed by atoms with Crippen LogP contribution < -0.4 is 15.8 Å². The minimum Gasteiger partial charge on any atom is -0.502 e. The Balaban J connectivity index is 1.94. The number of benzene rings is 1. The SMILES string of the molecule is CCCN1CN(C)C(=O)c2c(O)c(=O)c(C(=O)NCc3ccc(Cl)cc3F)cn21. The first-order chi connectivity index (χ1) is 13.7. The maximum Gasteiger partial charge on any atom is 0.277 e. The van der Waals surface area contributed by atoms with Crippen LogP contribution >= 0.6 is 11.6 Å². The Morgan fingerprint density at radius 3 is 2.72 bits per heavy atom. The number of halogens is 2. The van der Waals surface area contributed by atoms with Gasteiger partial charge in [-0.15, -0.1) is 0 Å². The van der Waals surface area contributed by atoms with E-state index in [9.17, 15) is 23.9 Å². The van der Waals surface area contributed by atoms with Crippen LogP contribution in [0.5, 0.6) is 5.75 Å². The van der Waals surface area contributed by atoms with E-state index in [0.717, 1.165) is 12.5 Å². The van der Waals surface area contributed by atoms with Crippen LogP contribution in [0.15, 0.2) is 29.2 Å². The Morgan fingerprint density at radius 1 is 1.34 bits per heavy atom. The monoisotopic (exact) mass is 422 g/mol. The van der Waals surface area contributed by atoms with Gasteiger partial charge >= 0.3 is 0 Å². The fourth-order valence-corrected chi connectivity index (χ4v) is 3.26. The molecule has 0 unspecified atom stereocenters. The third kappa shape index (κ3) is 3.91. The summed E-state index contributed by atoms with van der Waals surface area (Å²) < 4.78 is 15.2. The van der Waals surface area contributed by atoms with E-state index in [4.69, 9.17) is 11.6 Å². The summed E-state index contributed by atoms with van der Waals surface area (Å²) in [5.74, 6) is -2.71. The molecule has 29 heavy (non-hydrogen) atoms. The minimum absolute atomic E-state index is 0.176. The number of hydrogen-bond acceptors (Lipinski definition) is 5. The van der Waals surface area contributed by atoms with E-state index in [1.165, 1.54) is 27.9 Å². The molecule has 0 saturated heterocycles. The van der Waals surface area contributed by atoms with Crippen molar-refractivity contribution in [3.05, 3.63) is 62.3 Å². The van der Waals surface area contributed by atoms with E-state index in [1.807, 2.05) is 6.92 Å². The van der Waals surface area contributed by atoms with Crippen LogP contribution in [0.4, 0.5) is 4.39 Å². The molecule has 2 heterocycles. The van der Waals surface area contributed by atoms with Crippen LogP contribution in [0, 0.1) is 5.82 Å². The summed E-state index contributed by atoms with van der Waals surface area (Å²) in [7, 11) is 1.56. The molecule has 2 aromatic rings. The lowest BCUT2D eigenvalue weighted by molar-refractivity contribution is 0.0731. The van der Waals surface area contributed by atoms with Gasteiger partial charge in [-0.05, 0) is 18.6 Å². The third-order valence-corrected chi connectivity index (χ3v) is 4.81. The first-order valence-electron chi connectivity index (χ1n) is 8.96. The van der Waals surface area contributed by atoms with E-state index < -0.39 is 28.8 Å². The molecule has 0 bridgehead atoms. The van der Waals surface area contributed by atoms with Gasteiger partial charge in [-0.25, -0.2) is 4.39 Å². The van der Waals surface area contributed by atoms with Gasteiger partial charge in [0.2, 0.25) is 5.43 Å². The number of aromatic nitrogens is 1. The maximum atomic E-state index is 13.9. The first-order valence-corrected chi connectivity index (χ1v) is 9.33. The van der Waals surface area contributed by atoms with Crippen LogP contribution in [-0.2, 0) is 6.54 Å². The van der Waals surface area contributed by atoms with Crippen LogP contribution in [0.1, 0.15) is 39.8 Å². The molecule has 1 aliphatic rings. The Bertz CT molecular complexity index is 1040. The summed E-state index contributed by atoms with van der Waals surface area (Å²) >= 11 is 5.71. The molecule has 2 amide bonds. The predicted octanol–water partition coefficient (Wildman–Crippen LogP) is 1.67. The number of rotatable bonds is 5. The van der Waals surface area contributed by atoms with Gasteiger partial charge in [-0.3, -0.25) is 24.1 Å². The van der Waals surface area contributed by atoms with Crippen LogP contribution in [0.2, 0.25) is 5.02 Å². The summed E-state index contributed by atoms with van der Waals surface area (Å²) in [5, 5.41) is 14.8. The second kappa shape index (κ2) is 8.12. The van der Waals surface area contributed by atoms with Gasteiger partial charge in [-0.2, -0.15) is 0 Å². The zero-order chi connectivity index (χ0) is 21.3. The smallest absolute Gasteiger partial charge is 0.277 e. The molecule has 1 aromatic carbocycles. The Morgan fingerprint density at radius 2 is 2.07 bits per heavy atom. The molecule has 0 aliphatic carbocycles. The molecule has 10 heteroatoms. The van der Waals surface area contributed by atoms with E-state index >= 15 is 0 Å². The molecule has 1 aromatic heterocycles. The standard InChI is InChI=1S/C19H20ClFN4O4/c1-3-6-24-10-23(2)19(29)15-17(27)16(26)13(9-25(15)24)18(28)22-8-11-4-5-12(20)7-14(11)21/h4-5,7,9,27H,3,6,8,10H2,1-2H3,(H,22,28). The highest BCUT2D eigenvalue weighted by Gasteiger charge is 2.32. The largest absolute Gasteiger partial charge is 0.502 e. The zero-order valence-electron chi connectivity index (χ0n) is 15.9. The molecule has 1 aliphatic heterocycles. The molecule has 0 saturated carbocycles. The number of nitrogens with zero attached hydrogens (tertiary/aromatic N) is 3. The van der Waals surface area contributed by atoms with Gasteiger partial charge in [0.05, 0.1) is 0 Å². The molecule has 3 rings (SSSR count). The van der Waals surface area contributed by atoms with Gasteiger partial charge in [-0.1, -0.05) is 24.6 Å². The summed E-state index contributed by atoms with van der Waals surface area (Å²) in [4.78, 5) is 38.9. The molecule has 154 valence electrons. The van der Waals surface area contributed by atoms with Gasteiger partial charge < -0.3 is 15.3 Å². The van der Waals surface area contributed by atoms with Crippen molar-refractivity contribution in [2.75, 3.05) is 25.3 Å². The van der Waals surface area contributed by atoms with Crippen LogP contribution in [-0.4, -0.2) is 46.8 Å². The minimum atomic E-state index is -0.967. The van der Waals surface area contributed by atoms with Crippen molar-refractivity contribution in [2.45, 2.75) is 19.9 Å². The number of carbonyl (C=O) groups excluding carboxylic acids is 2. The van der Waals surface area contributed by atoms with Gasteiger partial charge in [0, 0.05) is 36.9 Å². The Hall–Kier alpha value is -3.07. The molecular formula is C19H20ClFN4O4. The number of fused-ring (bicyclic) bond motifs is 1. The fraction of sp³-hybridized carbons (Fsp3) is 0.316. The van der Waals surface area contributed by atoms with E-state index in [1.54, 1.807) is 12.1 Å². The summed E-state index contributed by atoms with van der Waals surface area (Å²) in [6.45, 7) is 2.53. The highest BCUT2D eigenvalue weighted by atomic mass is 35.5. The lowest BCUT2D eigenvalue weighted by Gasteiger charge is -2.38. The second-order valence-corrected chi connectivity index (χ2v) is 7.14. The number of nitrogens with one attached hydrogen (secondary N) is 1. The van der Waals surface area contributed by atoms with Crippen molar-refractivity contribution in [2.24, 2.45) is 0 Å². The normalized spacial score (nSPS) is 13.4. The molecule has 0 fully saturated rings. The Labute approximate surface area is 171 Å². The number of amides is 2. The van der Waals surface area contributed by atoms with Gasteiger partial charge in [0.15, 0.2) is 11.4 Å². The van der Waals surface area contributed by atoms with E-state index in [2.05, 4.69) is 5.32 Å². The lowest BCUT2D eigenvalue weighted by atomic mass is 10.1. The number of pyridine rings is 1. The van der Waals surface area contributed by atoms with E-state index in [-0.39, 0.29) is 35.1 Å². The molecule has 0 radical (unpaired) electrons. The van der Waals surface area contributed by atoms with Crippen molar-refractivity contribution in [3.8, 4) is 5.75 Å². The summed E-state index contributed by atoms with van der Waals surface area (Å²) in [6, 6.07) is 4.02. The van der Waals surface area contributed by atoms with Crippen LogP contribution in [0.25, 0.3) is 0 Å². The van der Waals surface area contributed by atoms with Crippen molar-refractivity contribution in [3.63, 3.8) is 0 Å². The molecule has 0 atom stereocenters. The number of carbonyl (C=O) groups is 2. The van der Waals surface area contributed by atoms with E-state index in [0.29, 0.717) is 6.54 Å². The zero-order valence-corrected chi connectivity index (χ0v) is 16.7. The van der Waals surface area contributed by atoms with Crippen molar-refractivity contribution in [1.29, 1.82) is 0 Å².